The fourth-order valence-electron chi connectivity index (χ4n) is 2.69. The van der Waals surface area contributed by atoms with Crippen molar-refractivity contribution in [2.75, 3.05) is 6.54 Å². The third kappa shape index (κ3) is 1.98. The van der Waals surface area contributed by atoms with Crippen LogP contribution in [-0.4, -0.2) is 11.4 Å². The largest absolute Gasteiger partial charge is 0.291 e. The molecule has 1 nitrogen and oxygen atoms in total. The lowest BCUT2D eigenvalue weighted by atomic mass is 9.97. The van der Waals surface area contributed by atoms with Gasteiger partial charge in [-0.15, -0.1) is 6.58 Å². The van der Waals surface area contributed by atoms with Crippen molar-refractivity contribution in [3.63, 3.8) is 0 Å². The number of rotatable bonds is 2. The standard InChI is InChI=1S/C17H17N/c1-2-11-18-12-14-7-3-5-9-16(14)17-10-6-4-8-15(17)13-18/h2-10H,1,11-13H2. The average Bonchev–Trinajstić information content (AvgIpc) is 2.55. The maximum absolute atomic E-state index is 3.86. The van der Waals surface area contributed by atoms with Gasteiger partial charge in [-0.05, 0) is 22.3 Å². The number of nitrogens with zero attached hydrogens (tertiary/aromatic N) is 1. The number of hydrogen-bond acceptors (Lipinski definition) is 1. The molecule has 0 saturated carbocycles. The Bertz CT molecular complexity index is 524. The van der Waals surface area contributed by atoms with Crippen molar-refractivity contribution in [1.29, 1.82) is 0 Å². The fourth-order valence-corrected chi connectivity index (χ4v) is 2.69. The SMILES string of the molecule is C=CCN1Cc2ccccc2-c2ccccc2C1. The van der Waals surface area contributed by atoms with Gasteiger partial charge in [0.15, 0.2) is 0 Å². The van der Waals surface area contributed by atoms with Gasteiger partial charge in [0.2, 0.25) is 0 Å². The molecule has 0 bridgehead atoms. The van der Waals surface area contributed by atoms with Gasteiger partial charge in [0.1, 0.15) is 0 Å². The van der Waals surface area contributed by atoms with Crippen LogP contribution in [0.3, 0.4) is 0 Å². The summed E-state index contributed by atoms with van der Waals surface area (Å²) in [5, 5.41) is 0. The van der Waals surface area contributed by atoms with E-state index >= 15 is 0 Å². The Labute approximate surface area is 108 Å². The van der Waals surface area contributed by atoms with Crippen molar-refractivity contribution in [3.8, 4) is 11.1 Å². The summed E-state index contributed by atoms with van der Waals surface area (Å²) < 4.78 is 0. The van der Waals surface area contributed by atoms with Gasteiger partial charge in [0.25, 0.3) is 0 Å². The van der Waals surface area contributed by atoms with Crippen LogP contribution >= 0.6 is 0 Å². The first-order chi connectivity index (χ1) is 8.88. The summed E-state index contributed by atoms with van der Waals surface area (Å²) in [7, 11) is 0. The lowest BCUT2D eigenvalue weighted by molar-refractivity contribution is 0.289. The van der Waals surface area contributed by atoms with E-state index in [1.165, 1.54) is 22.3 Å². The zero-order chi connectivity index (χ0) is 12.4. The van der Waals surface area contributed by atoms with Crippen molar-refractivity contribution in [2.45, 2.75) is 13.1 Å². The van der Waals surface area contributed by atoms with Gasteiger partial charge in [0, 0.05) is 19.6 Å². The Kier molecular flexibility index (Phi) is 2.99. The highest BCUT2D eigenvalue weighted by Crippen LogP contribution is 2.32. The van der Waals surface area contributed by atoms with Crippen molar-refractivity contribution >= 4 is 0 Å². The third-order valence-electron chi connectivity index (χ3n) is 3.50. The molecule has 1 aliphatic heterocycles. The molecule has 0 aromatic heterocycles. The molecule has 0 N–H and O–H groups in total. The lowest BCUT2D eigenvalue weighted by Gasteiger charge is -2.18. The second-order valence-corrected chi connectivity index (χ2v) is 4.77. The van der Waals surface area contributed by atoms with Crippen LogP contribution in [0.1, 0.15) is 11.1 Å². The van der Waals surface area contributed by atoms with Crippen molar-refractivity contribution in [3.05, 3.63) is 72.3 Å². The second kappa shape index (κ2) is 4.79. The van der Waals surface area contributed by atoms with Crippen LogP contribution in [0.4, 0.5) is 0 Å². The van der Waals surface area contributed by atoms with Crippen LogP contribution < -0.4 is 0 Å². The van der Waals surface area contributed by atoms with Crippen LogP contribution in [0.2, 0.25) is 0 Å². The first kappa shape index (κ1) is 11.2. The Balaban J connectivity index is 2.14. The molecule has 2 aromatic carbocycles. The van der Waals surface area contributed by atoms with E-state index in [0.717, 1.165) is 19.6 Å². The molecule has 1 heterocycles. The van der Waals surface area contributed by atoms with Crippen molar-refractivity contribution in [2.24, 2.45) is 0 Å². The van der Waals surface area contributed by atoms with E-state index in [9.17, 15) is 0 Å². The molecule has 0 spiro atoms. The summed E-state index contributed by atoms with van der Waals surface area (Å²) in [6.07, 6.45) is 1.98. The van der Waals surface area contributed by atoms with Gasteiger partial charge in [-0.1, -0.05) is 54.6 Å². The predicted molar refractivity (Wildman–Crippen MR) is 76.2 cm³/mol. The Hall–Kier alpha value is -1.86. The molecule has 90 valence electrons. The van der Waals surface area contributed by atoms with Gasteiger partial charge >= 0.3 is 0 Å². The maximum Gasteiger partial charge on any atom is 0.0246 e. The Morgan fingerprint density at radius 2 is 1.39 bits per heavy atom. The normalized spacial score (nSPS) is 14.4. The average molecular weight is 235 g/mol. The zero-order valence-electron chi connectivity index (χ0n) is 10.5. The molecule has 18 heavy (non-hydrogen) atoms. The van der Waals surface area contributed by atoms with E-state index in [2.05, 4.69) is 60.0 Å². The number of hydrogen-bond donors (Lipinski definition) is 0. The monoisotopic (exact) mass is 235 g/mol. The maximum atomic E-state index is 3.86. The second-order valence-electron chi connectivity index (χ2n) is 4.77. The van der Waals surface area contributed by atoms with Crippen LogP contribution in [0.15, 0.2) is 61.2 Å². The summed E-state index contributed by atoms with van der Waals surface area (Å²) in [6, 6.07) is 17.4. The van der Waals surface area contributed by atoms with E-state index in [1.807, 2.05) is 6.08 Å². The lowest BCUT2D eigenvalue weighted by Crippen LogP contribution is -2.21. The van der Waals surface area contributed by atoms with E-state index < -0.39 is 0 Å². The molecule has 0 radical (unpaired) electrons. The van der Waals surface area contributed by atoms with Gasteiger partial charge in [-0.25, -0.2) is 0 Å². The first-order valence-corrected chi connectivity index (χ1v) is 6.38. The molecule has 0 amide bonds. The molecule has 3 rings (SSSR count). The quantitative estimate of drug-likeness (QED) is 0.714. The minimum Gasteiger partial charge on any atom is -0.291 e. The summed E-state index contributed by atoms with van der Waals surface area (Å²) in [5.74, 6) is 0. The summed E-state index contributed by atoms with van der Waals surface area (Å²) in [4.78, 5) is 2.43. The van der Waals surface area contributed by atoms with Gasteiger partial charge in [0.05, 0.1) is 0 Å². The molecule has 0 unspecified atom stereocenters. The molecule has 0 saturated heterocycles. The summed E-state index contributed by atoms with van der Waals surface area (Å²) in [5.41, 5.74) is 5.56. The minimum atomic E-state index is 0.933. The first-order valence-electron chi connectivity index (χ1n) is 6.38. The Morgan fingerprint density at radius 1 is 0.889 bits per heavy atom. The summed E-state index contributed by atoms with van der Waals surface area (Å²) in [6.45, 7) is 6.78. The predicted octanol–water partition coefficient (Wildman–Crippen LogP) is 3.86. The smallest absolute Gasteiger partial charge is 0.0246 e. The minimum absolute atomic E-state index is 0.933. The highest BCUT2D eigenvalue weighted by atomic mass is 15.1. The molecular formula is C17H17N. The number of benzene rings is 2. The van der Waals surface area contributed by atoms with E-state index in [-0.39, 0.29) is 0 Å². The fraction of sp³-hybridized carbons (Fsp3) is 0.176. The zero-order valence-corrected chi connectivity index (χ0v) is 10.5. The van der Waals surface area contributed by atoms with Crippen LogP contribution in [0.5, 0.6) is 0 Å². The van der Waals surface area contributed by atoms with Crippen LogP contribution in [0.25, 0.3) is 11.1 Å². The number of fused-ring (bicyclic) bond motifs is 3. The van der Waals surface area contributed by atoms with Crippen molar-refractivity contribution < 1.29 is 0 Å². The van der Waals surface area contributed by atoms with Crippen molar-refractivity contribution in [1.82, 2.24) is 4.90 Å². The molecule has 0 atom stereocenters. The van der Waals surface area contributed by atoms with Gasteiger partial charge in [-0.2, -0.15) is 0 Å². The van der Waals surface area contributed by atoms with E-state index in [1.54, 1.807) is 0 Å². The molecule has 0 fully saturated rings. The highest BCUT2D eigenvalue weighted by Gasteiger charge is 2.17. The highest BCUT2D eigenvalue weighted by molar-refractivity contribution is 5.71. The van der Waals surface area contributed by atoms with Crippen LogP contribution in [0, 0.1) is 0 Å². The van der Waals surface area contributed by atoms with Gasteiger partial charge < -0.3 is 0 Å². The van der Waals surface area contributed by atoms with Gasteiger partial charge in [-0.3, -0.25) is 4.90 Å². The molecule has 1 heteroatoms. The van der Waals surface area contributed by atoms with E-state index in [4.69, 9.17) is 0 Å². The van der Waals surface area contributed by atoms with Crippen LogP contribution in [-0.2, 0) is 13.1 Å². The molecular weight excluding hydrogens is 218 g/mol. The van der Waals surface area contributed by atoms with E-state index in [0.29, 0.717) is 0 Å². The molecule has 0 aliphatic carbocycles. The summed E-state index contributed by atoms with van der Waals surface area (Å²) >= 11 is 0. The third-order valence-corrected chi connectivity index (χ3v) is 3.50. The molecule has 2 aromatic rings. The topological polar surface area (TPSA) is 3.24 Å². The molecule has 1 aliphatic rings. The Morgan fingerprint density at radius 3 is 1.89 bits per heavy atom.